The van der Waals surface area contributed by atoms with E-state index in [1.165, 1.54) is 37.6 Å². The summed E-state index contributed by atoms with van der Waals surface area (Å²) in [4.78, 5) is 12.2. The van der Waals surface area contributed by atoms with E-state index >= 15 is 0 Å². The summed E-state index contributed by atoms with van der Waals surface area (Å²) in [6.07, 6.45) is 2.31. The van der Waals surface area contributed by atoms with Crippen LogP contribution in [0.4, 0.5) is 5.69 Å². The number of benzene rings is 2. The van der Waals surface area contributed by atoms with Gasteiger partial charge in [0.25, 0.3) is 5.91 Å². The van der Waals surface area contributed by atoms with Crippen LogP contribution in [0, 0.1) is 0 Å². The number of carbonyl (C=O) groups is 1. The number of nitrogens with one attached hydrogen (secondary N) is 1. The molecule has 0 aliphatic heterocycles. The fraction of sp³-hybridized carbons (Fsp3) is 0.176. The van der Waals surface area contributed by atoms with Crippen molar-refractivity contribution in [2.75, 3.05) is 24.2 Å². The van der Waals surface area contributed by atoms with E-state index in [1.54, 1.807) is 12.1 Å². The first-order valence-electron chi connectivity index (χ1n) is 7.70. The zero-order valence-electron chi connectivity index (χ0n) is 14.8. The Balaban J connectivity index is 2.13. The molecule has 7 nitrogen and oxygen atoms in total. The minimum Gasteiger partial charge on any atom is -0.495 e. The fourth-order valence-corrected chi connectivity index (χ4v) is 3.71. The third kappa shape index (κ3) is 6.00. The second kappa shape index (κ2) is 9.47. The van der Waals surface area contributed by atoms with Gasteiger partial charge in [-0.3, -0.25) is 9.10 Å². The molecule has 1 amide bonds. The second-order valence-electron chi connectivity index (χ2n) is 5.55. The average Bonchev–Trinajstić information content (AvgIpc) is 2.60. The molecule has 0 atom stereocenters. The van der Waals surface area contributed by atoms with E-state index < -0.39 is 22.5 Å². The molecular weight excluding hydrogens is 449 g/mol. The number of halogens is 3. The molecule has 0 radical (unpaired) electrons. The first-order valence-corrected chi connectivity index (χ1v) is 10.7. The second-order valence-corrected chi connectivity index (χ2v) is 8.71. The van der Waals surface area contributed by atoms with Crippen molar-refractivity contribution in [3.63, 3.8) is 0 Å². The molecule has 0 fully saturated rings. The molecule has 0 aliphatic carbocycles. The van der Waals surface area contributed by atoms with E-state index in [2.05, 4.69) is 10.5 Å². The molecule has 1 N–H and O–H groups in total. The minimum atomic E-state index is -3.75. The molecular formula is C17H16Cl3N3O4S. The Morgan fingerprint density at radius 3 is 2.46 bits per heavy atom. The van der Waals surface area contributed by atoms with Crippen LogP contribution in [-0.2, 0) is 14.8 Å². The maximum absolute atomic E-state index is 12.2. The standard InChI is InChI=1S/C17H16Cl3N3O4S/c1-27-16-6-5-13(8-15(16)20)23(28(2,25)26)10-17(24)22-21-9-11-3-4-12(18)7-14(11)19/h3-9H,10H2,1-2H3,(H,22,24)/b21-9-. The molecule has 0 saturated carbocycles. The lowest BCUT2D eigenvalue weighted by molar-refractivity contribution is -0.119. The van der Waals surface area contributed by atoms with E-state index in [0.29, 0.717) is 21.4 Å². The van der Waals surface area contributed by atoms with Crippen molar-refractivity contribution < 1.29 is 17.9 Å². The maximum atomic E-state index is 12.2. The van der Waals surface area contributed by atoms with Gasteiger partial charge in [0.2, 0.25) is 10.0 Å². The van der Waals surface area contributed by atoms with Crippen molar-refractivity contribution in [2.45, 2.75) is 0 Å². The van der Waals surface area contributed by atoms with E-state index in [9.17, 15) is 13.2 Å². The number of methoxy groups -OCH3 is 1. The molecule has 150 valence electrons. The molecule has 2 aromatic rings. The zero-order chi connectivity index (χ0) is 20.9. The number of hydrazone groups is 1. The van der Waals surface area contributed by atoms with Gasteiger partial charge in [-0.1, -0.05) is 40.9 Å². The summed E-state index contributed by atoms with van der Waals surface area (Å²) in [5.41, 5.74) is 3.01. The maximum Gasteiger partial charge on any atom is 0.260 e. The van der Waals surface area contributed by atoms with Gasteiger partial charge in [0.05, 0.1) is 35.3 Å². The lowest BCUT2D eigenvalue weighted by Gasteiger charge is -2.22. The molecule has 2 rings (SSSR count). The van der Waals surface area contributed by atoms with Crippen LogP contribution in [0.3, 0.4) is 0 Å². The number of amides is 1. The summed E-state index contributed by atoms with van der Waals surface area (Å²) in [5, 5.41) is 4.82. The summed E-state index contributed by atoms with van der Waals surface area (Å²) in [6.45, 7) is -0.493. The van der Waals surface area contributed by atoms with E-state index in [1.807, 2.05) is 0 Å². The van der Waals surface area contributed by atoms with Crippen molar-refractivity contribution in [1.82, 2.24) is 5.43 Å². The van der Waals surface area contributed by atoms with Crippen LogP contribution in [0.15, 0.2) is 41.5 Å². The van der Waals surface area contributed by atoms with Gasteiger partial charge in [-0.2, -0.15) is 5.10 Å². The van der Waals surface area contributed by atoms with Crippen molar-refractivity contribution in [3.8, 4) is 5.75 Å². The van der Waals surface area contributed by atoms with Gasteiger partial charge < -0.3 is 4.74 Å². The van der Waals surface area contributed by atoms with Gasteiger partial charge in [0.1, 0.15) is 12.3 Å². The van der Waals surface area contributed by atoms with Crippen LogP contribution in [0.5, 0.6) is 5.75 Å². The summed E-state index contributed by atoms with van der Waals surface area (Å²) >= 11 is 17.9. The molecule has 0 saturated heterocycles. The topological polar surface area (TPSA) is 88.1 Å². The summed E-state index contributed by atoms with van der Waals surface area (Å²) in [6, 6.07) is 9.17. The smallest absolute Gasteiger partial charge is 0.260 e. The highest BCUT2D eigenvalue weighted by Gasteiger charge is 2.21. The quantitative estimate of drug-likeness (QED) is 0.501. The number of sulfonamides is 1. The van der Waals surface area contributed by atoms with Gasteiger partial charge in [-0.15, -0.1) is 0 Å². The number of rotatable bonds is 7. The van der Waals surface area contributed by atoms with Crippen LogP contribution in [0.25, 0.3) is 0 Å². The van der Waals surface area contributed by atoms with Gasteiger partial charge in [-0.25, -0.2) is 13.8 Å². The summed E-state index contributed by atoms with van der Waals surface area (Å²) in [7, 11) is -2.31. The Kier molecular flexibility index (Phi) is 7.54. The number of carbonyl (C=O) groups excluding carboxylic acids is 1. The largest absolute Gasteiger partial charge is 0.495 e. The van der Waals surface area contributed by atoms with Crippen LogP contribution in [-0.4, -0.2) is 40.4 Å². The molecule has 0 spiro atoms. The Labute approximate surface area is 177 Å². The normalized spacial score (nSPS) is 11.5. The third-order valence-corrected chi connectivity index (χ3v) is 5.46. The van der Waals surface area contributed by atoms with Crippen LogP contribution < -0.4 is 14.5 Å². The lowest BCUT2D eigenvalue weighted by Crippen LogP contribution is -2.39. The van der Waals surface area contributed by atoms with Crippen LogP contribution in [0.2, 0.25) is 15.1 Å². The van der Waals surface area contributed by atoms with E-state index in [0.717, 1.165) is 10.6 Å². The number of hydrogen-bond acceptors (Lipinski definition) is 5. The monoisotopic (exact) mass is 463 g/mol. The predicted molar refractivity (Wildman–Crippen MR) is 112 cm³/mol. The predicted octanol–water partition coefficient (Wildman–Crippen LogP) is 3.57. The molecule has 0 aromatic heterocycles. The number of nitrogens with zero attached hydrogens (tertiary/aromatic N) is 2. The first kappa shape index (κ1) is 22.3. The summed E-state index contributed by atoms with van der Waals surface area (Å²) in [5.74, 6) is -0.272. The Hall–Kier alpha value is -2.00. The Morgan fingerprint density at radius 2 is 1.89 bits per heavy atom. The Morgan fingerprint density at radius 1 is 1.18 bits per heavy atom. The number of anilines is 1. The molecule has 0 heterocycles. The lowest BCUT2D eigenvalue weighted by atomic mass is 10.2. The van der Waals surface area contributed by atoms with Gasteiger partial charge >= 0.3 is 0 Å². The number of hydrogen-bond donors (Lipinski definition) is 1. The van der Waals surface area contributed by atoms with Crippen molar-refractivity contribution in [2.24, 2.45) is 5.10 Å². The molecule has 0 aliphatic rings. The van der Waals surface area contributed by atoms with Crippen molar-refractivity contribution in [3.05, 3.63) is 57.0 Å². The van der Waals surface area contributed by atoms with Gasteiger partial charge in [0.15, 0.2) is 0 Å². The van der Waals surface area contributed by atoms with Crippen molar-refractivity contribution >= 4 is 62.6 Å². The first-order chi connectivity index (χ1) is 13.1. The minimum absolute atomic E-state index is 0.212. The Bertz CT molecular complexity index is 1010. The zero-order valence-corrected chi connectivity index (χ0v) is 17.9. The molecule has 0 bridgehead atoms. The molecule has 28 heavy (non-hydrogen) atoms. The average molecular weight is 465 g/mol. The SMILES string of the molecule is COc1ccc(N(CC(=O)N/N=C\c2ccc(Cl)cc2Cl)S(C)(=O)=O)cc1Cl. The molecule has 11 heteroatoms. The highest BCUT2D eigenvalue weighted by Crippen LogP contribution is 2.30. The summed E-state index contributed by atoms with van der Waals surface area (Å²) < 4.78 is 30.2. The van der Waals surface area contributed by atoms with E-state index in [-0.39, 0.29) is 10.7 Å². The highest BCUT2D eigenvalue weighted by molar-refractivity contribution is 7.92. The van der Waals surface area contributed by atoms with Gasteiger partial charge in [-0.05, 0) is 30.3 Å². The third-order valence-electron chi connectivity index (χ3n) is 3.47. The molecule has 2 aromatic carbocycles. The highest BCUT2D eigenvalue weighted by atomic mass is 35.5. The molecule has 0 unspecified atom stereocenters. The van der Waals surface area contributed by atoms with E-state index in [4.69, 9.17) is 39.5 Å². The van der Waals surface area contributed by atoms with Crippen molar-refractivity contribution in [1.29, 1.82) is 0 Å². The van der Waals surface area contributed by atoms with Gasteiger partial charge in [0, 0.05) is 10.6 Å². The van der Waals surface area contributed by atoms with Crippen LogP contribution in [0.1, 0.15) is 5.56 Å². The fourth-order valence-electron chi connectivity index (χ4n) is 2.16. The van der Waals surface area contributed by atoms with Crippen LogP contribution >= 0.6 is 34.8 Å². The number of ether oxygens (including phenoxy) is 1.